The van der Waals surface area contributed by atoms with Crippen molar-refractivity contribution < 1.29 is 9.47 Å². The zero-order valence-corrected chi connectivity index (χ0v) is 9.61. The molecule has 0 bridgehead atoms. The molecule has 1 heterocycles. The van der Waals surface area contributed by atoms with Gasteiger partial charge in [-0.2, -0.15) is 4.98 Å². The second kappa shape index (κ2) is 5.49. The first kappa shape index (κ1) is 10.8. The molecule has 0 radical (unpaired) electrons. The molecule has 0 saturated carbocycles. The molecule has 1 aromatic rings. The number of hydrogen-bond acceptors (Lipinski definition) is 5. The normalized spacial score (nSPS) is 8.71. The Bertz CT molecular complexity index is 373. The second-order valence-electron chi connectivity index (χ2n) is 2.16. The average molecular weight is 305 g/mol. The summed E-state index contributed by atoms with van der Waals surface area (Å²) in [4.78, 5) is 7.63. The number of ether oxygens (including phenoxy) is 2. The lowest BCUT2D eigenvalue weighted by Crippen LogP contribution is -2.03. The minimum Gasteiger partial charge on any atom is -0.490 e. The van der Waals surface area contributed by atoms with Crippen LogP contribution in [-0.4, -0.2) is 23.7 Å². The summed E-state index contributed by atoms with van der Waals surface area (Å²) in [5.74, 6) is 3.61. The third-order valence-corrected chi connectivity index (χ3v) is 1.69. The topological polar surface area (TPSA) is 70.3 Å². The van der Waals surface area contributed by atoms with Gasteiger partial charge in [0, 0.05) is 22.6 Å². The van der Waals surface area contributed by atoms with Crippen molar-refractivity contribution in [1.29, 1.82) is 0 Å². The van der Waals surface area contributed by atoms with Crippen molar-refractivity contribution >= 4 is 28.5 Å². The van der Waals surface area contributed by atoms with Crippen molar-refractivity contribution in [2.45, 2.75) is 0 Å². The molecule has 1 aromatic heterocycles. The van der Waals surface area contributed by atoms with Crippen LogP contribution < -0.4 is 15.2 Å². The summed E-state index contributed by atoms with van der Waals surface area (Å²) in [5, 5.41) is 0. The van der Waals surface area contributed by atoms with Crippen molar-refractivity contribution in [2.24, 2.45) is 0 Å². The van der Waals surface area contributed by atoms with Crippen molar-refractivity contribution in [2.75, 3.05) is 19.5 Å². The van der Waals surface area contributed by atoms with Gasteiger partial charge in [0.2, 0.25) is 5.95 Å². The van der Waals surface area contributed by atoms with Gasteiger partial charge in [-0.3, -0.25) is 0 Å². The molecule has 0 aromatic carbocycles. The van der Waals surface area contributed by atoms with E-state index in [0.29, 0.717) is 11.6 Å². The summed E-state index contributed by atoms with van der Waals surface area (Å²) >= 11 is 1.93. The Morgan fingerprint density at radius 3 is 3.07 bits per heavy atom. The standard InChI is InChI=1S/C8H8IN3O2/c1-13-6-5-11-8(10)12-7(6)14-4-2-3-9/h5H,4H2,1H3,(H2,10,11,12). The van der Waals surface area contributed by atoms with Crippen molar-refractivity contribution in [3.8, 4) is 21.5 Å². The molecule has 0 saturated heterocycles. The largest absolute Gasteiger partial charge is 0.490 e. The Labute approximate surface area is 95.2 Å². The summed E-state index contributed by atoms with van der Waals surface area (Å²) in [6.07, 6.45) is 1.45. The van der Waals surface area contributed by atoms with Gasteiger partial charge in [-0.25, -0.2) is 4.98 Å². The fourth-order valence-corrected chi connectivity index (χ4v) is 0.899. The summed E-state index contributed by atoms with van der Waals surface area (Å²) in [6.45, 7) is 0.246. The highest BCUT2D eigenvalue weighted by Gasteiger charge is 2.06. The fourth-order valence-electron chi connectivity index (χ4n) is 0.743. The van der Waals surface area contributed by atoms with Crippen LogP contribution >= 0.6 is 22.6 Å². The van der Waals surface area contributed by atoms with Crippen LogP contribution in [0.3, 0.4) is 0 Å². The molecule has 0 aliphatic heterocycles. The summed E-state index contributed by atoms with van der Waals surface area (Å²) in [6, 6.07) is 0. The van der Waals surface area contributed by atoms with Crippen LogP contribution in [0.4, 0.5) is 5.95 Å². The Morgan fingerprint density at radius 1 is 1.64 bits per heavy atom. The predicted octanol–water partition coefficient (Wildman–Crippen LogP) is 0.842. The Hall–Kier alpha value is -1.23. The van der Waals surface area contributed by atoms with E-state index in [-0.39, 0.29) is 12.6 Å². The van der Waals surface area contributed by atoms with Gasteiger partial charge in [0.15, 0.2) is 12.4 Å². The highest BCUT2D eigenvalue weighted by molar-refractivity contribution is 14.1. The Kier molecular flexibility index (Phi) is 4.25. The first-order valence-corrected chi connectivity index (χ1v) is 4.73. The zero-order valence-electron chi connectivity index (χ0n) is 7.45. The number of rotatable bonds is 3. The van der Waals surface area contributed by atoms with Gasteiger partial charge >= 0.3 is 0 Å². The van der Waals surface area contributed by atoms with Crippen molar-refractivity contribution in [3.63, 3.8) is 0 Å². The zero-order chi connectivity index (χ0) is 10.4. The molecular weight excluding hydrogens is 297 g/mol. The summed E-state index contributed by atoms with van der Waals surface area (Å²) in [5.41, 5.74) is 5.39. The number of nitrogens with zero attached hydrogens (tertiary/aromatic N) is 2. The van der Waals surface area contributed by atoms with Gasteiger partial charge < -0.3 is 15.2 Å². The lowest BCUT2D eigenvalue weighted by Gasteiger charge is -2.06. The number of anilines is 1. The SMILES string of the molecule is COc1cnc(N)nc1OCC#CI. The van der Waals surface area contributed by atoms with Gasteiger partial charge in [0.25, 0.3) is 5.88 Å². The van der Waals surface area contributed by atoms with E-state index in [1.54, 1.807) is 0 Å². The summed E-state index contributed by atoms with van der Waals surface area (Å²) < 4.78 is 12.9. The maximum atomic E-state index is 5.39. The molecule has 0 fully saturated rings. The molecule has 2 N–H and O–H groups in total. The Balaban J connectivity index is 2.80. The van der Waals surface area contributed by atoms with Gasteiger partial charge in [-0.05, 0) is 3.93 Å². The van der Waals surface area contributed by atoms with E-state index in [1.807, 2.05) is 22.6 Å². The monoisotopic (exact) mass is 305 g/mol. The van der Waals surface area contributed by atoms with Gasteiger partial charge in [-0.1, -0.05) is 5.92 Å². The third-order valence-electron chi connectivity index (χ3n) is 1.31. The van der Waals surface area contributed by atoms with Gasteiger partial charge in [0.1, 0.15) is 0 Å². The number of halogens is 1. The molecule has 74 valence electrons. The quantitative estimate of drug-likeness (QED) is 0.662. The molecule has 0 aliphatic carbocycles. The van der Waals surface area contributed by atoms with Crippen molar-refractivity contribution in [1.82, 2.24) is 9.97 Å². The molecule has 0 spiro atoms. The van der Waals surface area contributed by atoms with Gasteiger partial charge in [0.05, 0.1) is 13.3 Å². The minimum atomic E-state index is 0.142. The lowest BCUT2D eigenvalue weighted by molar-refractivity contribution is 0.317. The highest BCUT2D eigenvalue weighted by atomic mass is 127. The van der Waals surface area contributed by atoms with Crippen molar-refractivity contribution in [3.05, 3.63) is 6.20 Å². The van der Waals surface area contributed by atoms with Gasteiger partial charge in [-0.15, -0.1) is 0 Å². The van der Waals surface area contributed by atoms with E-state index in [0.717, 1.165) is 0 Å². The smallest absolute Gasteiger partial charge is 0.262 e. The number of hydrogen-bond donors (Lipinski definition) is 1. The Morgan fingerprint density at radius 2 is 2.43 bits per heavy atom. The highest BCUT2D eigenvalue weighted by Crippen LogP contribution is 2.22. The molecule has 0 amide bonds. The molecule has 0 unspecified atom stereocenters. The van der Waals surface area contributed by atoms with Crippen LogP contribution in [0.2, 0.25) is 0 Å². The lowest BCUT2D eigenvalue weighted by atomic mass is 10.5. The van der Waals surface area contributed by atoms with Crippen LogP contribution in [-0.2, 0) is 0 Å². The molecule has 1 rings (SSSR count). The number of nitrogens with two attached hydrogens (primary N) is 1. The van der Waals surface area contributed by atoms with E-state index in [2.05, 4.69) is 19.8 Å². The molecule has 0 atom stereocenters. The molecular formula is C8H8IN3O2. The maximum Gasteiger partial charge on any atom is 0.262 e. The molecule has 0 aliphatic rings. The molecule has 5 nitrogen and oxygen atoms in total. The van der Waals surface area contributed by atoms with E-state index in [4.69, 9.17) is 15.2 Å². The van der Waals surface area contributed by atoms with Crippen LogP contribution in [0.15, 0.2) is 6.20 Å². The van der Waals surface area contributed by atoms with E-state index in [9.17, 15) is 0 Å². The fraction of sp³-hybridized carbons (Fsp3) is 0.250. The summed E-state index contributed by atoms with van der Waals surface area (Å²) in [7, 11) is 1.51. The van der Waals surface area contributed by atoms with Crippen LogP contribution in [0, 0.1) is 9.85 Å². The number of aromatic nitrogens is 2. The van der Waals surface area contributed by atoms with E-state index in [1.165, 1.54) is 13.3 Å². The molecule has 6 heteroatoms. The third kappa shape index (κ3) is 2.92. The maximum absolute atomic E-state index is 5.39. The van der Waals surface area contributed by atoms with Crippen LogP contribution in [0.5, 0.6) is 11.6 Å². The number of methoxy groups -OCH3 is 1. The van der Waals surface area contributed by atoms with Crippen LogP contribution in [0.1, 0.15) is 0 Å². The number of nitrogen functional groups attached to an aromatic ring is 1. The minimum absolute atomic E-state index is 0.142. The second-order valence-corrected chi connectivity index (χ2v) is 2.70. The first-order chi connectivity index (χ1) is 6.77. The average Bonchev–Trinajstić information content (AvgIpc) is 2.19. The van der Waals surface area contributed by atoms with E-state index < -0.39 is 0 Å². The van der Waals surface area contributed by atoms with Crippen LogP contribution in [0.25, 0.3) is 0 Å². The molecule has 14 heavy (non-hydrogen) atoms. The predicted molar refractivity (Wildman–Crippen MR) is 60.3 cm³/mol. The first-order valence-electron chi connectivity index (χ1n) is 3.65. The van der Waals surface area contributed by atoms with E-state index >= 15 is 0 Å².